The number of carbonyl (C=O) groups is 2. The molecule has 1 amide bonds. The molecular weight excluding hydrogens is 302 g/mol. The third kappa shape index (κ3) is 2.55. The third-order valence-electron chi connectivity index (χ3n) is 2.56. The number of amides is 1. The van der Waals surface area contributed by atoms with Gasteiger partial charge in [-0.05, 0) is 26.0 Å². The molecule has 0 spiro atoms. The van der Waals surface area contributed by atoms with E-state index in [0.29, 0.717) is 5.56 Å². The molecule has 17 heavy (non-hydrogen) atoms. The molecule has 0 saturated carbocycles. The van der Waals surface area contributed by atoms with Crippen molar-refractivity contribution in [2.45, 2.75) is 28.8 Å². The monoisotopic (exact) mass is 313 g/mol. The van der Waals surface area contributed by atoms with Crippen molar-refractivity contribution in [1.29, 1.82) is 0 Å². The Bertz CT molecular complexity index is 487. The highest BCUT2D eigenvalue weighted by Gasteiger charge is 2.24. The Morgan fingerprint density at radius 2 is 2.24 bits per heavy atom. The fourth-order valence-corrected chi connectivity index (χ4v) is 2.79. The molecule has 1 aliphatic heterocycles. The number of anilines is 1. The summed E-state index contributed by atoms with van der Waals surface area (Å²) in [6.07, 6.45) is 0. The smallest absolute Gasteiger partial charge is 0.237 e. The number of rotatable bonds is 2. The van der Waals surface area contributed by atoms with Gasteiger partial charge in [-0.2, -0.15) is 0 Å². The van der Waals surface area contributed by atoms with Crippen LogP contribution >= 0.6 is 27.7 Å². The molecule has 2 unspecified atom stereocenters. The zero-order valence-corrected chi connectivity index (χ0v) is 11.9. The Labute approximate surface area is 112 Å². The molecule has 0 bridgehead atoms. The SMILES string of the molecule is CC(Br)C(=O)c1ccc2c(c1)NC(=O)C(C)S2. The standard InChI is InChI=1S/C12H12BrNO2S/c1-6(13)11(15)8-3-4-10-9(5-8)14-12(16)7(2)17-10/h3-7H,1-2H3,(H,14,16). The van der Waals surface area contributed by atoms with Gasteiger partial charge in [-0.3, -0.25) is 9.59 Å². The average molecular weight is 314 g/mol. The first kappa shape index (κ1) is 12.6. The van der Waals surface area contributed by atoms with Gasteiger partial charge in [0.15, 0.2) is 5.78 Å². The van der Waals surface area contributed by atoms with Gasteiger partial charge < -0.3 is 5.32 Å². The summed E-state index contributed by atoms with van der Waals surface area (Å²) in [5, 5.41) is 2.73. The number of benzene rings is 1. The molecule has 1 heterocycles. The summed E-state index contributed by atoms with van der Waals surface area (Å²) in [6.45, 7) is 3.65. The summed E-state index contributed by atoms with van der Waals surface area (Å²) in [5.41, 5.74) is 1.35. The van der Waals surface area contributed by atoms with E-state index in [-0.39, 0.29) is 21.8 Å². The van der Waals surface area contributed by atoms with Crippen molar-refractivity contribution in [3.05, 3.63) is 23.8 Å². The number of halogens is 1. The third-order valence-corrected chi connectivity index (χ3v) is 4.15. The van der Waals surface area contributed by atoms with Crippen molar-refractivity contribution in [3.8, 4) is 0 Å². The lowest BCUT2D eigenvalue weighted by atomic mass is 10.1. The Kier molecular flexibility index (Phi) is 3.58. The van der Waals surface area contributed by atoms with Crippen LogP contribution in [0.15, 0.2) is 23.1 Å². The molecule has 0 radical (unpaired) electrons. The number of nitrogens with one attached hydrogen (secondary N) is 1. The van der Waals surface area contributed by atoms with Crippen molar-refractivity contribution in [2.75, 3.05) is 5.32 Å². The highest BCUT2D eigenvalue weighted by atomic mass is 79.9. The van der Waals surface area contributed by atoms with E-state index in [1.54, 1.807) is 19.1 Å². The highest BCUT2D eigenvalue weighted by molar-refractivity contribution is 9.10. The van der Waals surface area contributed by atoms with Crippen LogP contribution in [0.25, 0.3) is 0 Å². The topological polar surface area (TPSA) is 46.2 Å². The fourth-order valence-electron chi connectivity index (χ4n) is 1.59. The molecule has 0 fully saturated rings. The second-order valence-corrected chi connectivity index (χ2v) is 6.70. The first-order chi connectivity index (χ1) is 7.99. The Morgan fingerprint density at radius 3 is 2.88 bits per heavy atom. The molecular formula is C12H12BrNO2S. The van der Waals surface area contributed by atoms with Gasteiger partial charge in [-0.1, -0.05) is 22.0 Å². The molecule has 2 rings (SSSR count). The van der Waals surface area contributed by atoms with Crippen LogP contribution < -0.4 is 5.32 Å². The first-order valence-corrected chi connectivity index (χ1v) is 7.08. The van der Waals surface area contributed by atoms with Crippen LogP contribution in [0.5, 0.6) is 0 Å². The molecule has 0 aliphatic carbocycles. The number of fused-ring (bicyclic) bond motifs is 1. The molecule has 2 atom stereocenters. The summed E-state index contributed by atoms with van der Waals surface area (Å²) in [4.78, 5) is 24.1. The Hall–Kier alpha value is -0.810. The van der Waals surface area contributed by atoms with Gasteiger partial charge >= 0.3 is 0 Å². The number of ketones is 1. The van der Waals surface area contributed by atoms with E-state index in [1.807, 2.05) is 13.0 Å². The van der Waals surface area contributed by atoms with Crippen LogP contribution in [0.4, 0.5) is 5.69 Å². The van der Waals surface area contributed by atoms with Gasteiger partial charge in [-0.15, -0.1) is 11.8 Å². The fraction of sp³-hybridized carbons (Fsp3) is 0.333. The van der Waals surface area contributed by atoms with Crippen molar-refractivity contribution >= 4 is 45.1 Å². The number of Topliss-reactive ketones (excluding diaryl/α,β-unsaturated/α-hetero) is 1. The molecule has 0 aromatic heterocycles. The largest absolute Gasteiger partial charge is 0.324 e. The minimum Gasteiger partial charge on any atom is -0.324 e. The predicted octanol–water partition coefficient (Wildman–Crippen LogP) is 3.09. The lowest BCUT2D eigenvalue weighted by molar-refractivity contribution is -0.115. The predicted molar refractivity (Wildman–Crippen MR) is 73.1 cm³/mol. The number of alkyl halides is 1. The molecule has 3 nitrogen and oxygen atoms in total. The Morgan fingerprint density at radius 1 is 1.53 bits per heavy atom. The molecule has 1 aliphatic rings. The van der Waals surface area contributed by atoms with Crippen LogP contribution in [0.2, 0.25) is 0 Å². The quantitative estimate of drug-likeness (QED) is 0.674. The van der Waals surface area contributed by atoms with Crippen molar-refractivity contribution in [3.63, 3.8) is 0 Å². The van der Waals surface area contributed by atoms with E-state index < -0.39 is 0 Å². The molecule has 1 aromatic carbocycles. The van der Waals surface area contributed by atoms with Crippen LogP contribution in [0.1, 0.15) is 24.2 Å². The van der Waals surface area contributed by atoms with Gasteiger partial charge in [0.25, 0.3) is 0 Å². The van der Waals surface area contributed by atoms with Crippen LogP contribution in [0.3, 0.4) is 0 Å². The van der Waals surface area contributed by atoms with Crippen LogP contribution in [0, 0.1) is 0 Å². The summed E-state index contributed by atoms with van der Waals surface area (Å²) in [6, 6.07) is 5.43. The van der Waals surface area contributed by atoms with E-state index in [2.05, 4.69) is 21.2 Å². The van der Waals surface area contributed by atoms with Crippen molar-refractivity contribution in [1.82, 2.24) is 0 Å². The molecule has 1 aromatic rings. The van der Waals surface area contributed by atoms with Gasteiger partial charge in [0.2, 0.25) is 5.91 Å². The second kappa shape index (κ2) is 4.82. The van der Waals surface area contributed by atoms with Crippen molar-refractivity contribution in [2.24, 2.45) is 0 Å². The highest BCUT2D eigenvalue weighted by Crippen LogP contribution is 2.36. The van der Waals surface area contributed by atoms with Crippen LogP contribution in [-0.2, 0) is 4.79 Å². The zero-order chi connectivity index (χ0) is 12.6. The molecule has 90 valence electrons. The van der Waals surface area contributed by atoms with E-state index >= 15 is 0 Å². The Balaban J connectivity index is 2.35. The minimum atomic E-state index is -0.216. The maximum atomic E-state index is 11.8. The average Bonchev–Trinajstić information content (AvgIpc) is 2.29. The first-order valence-electron chi connectivity index (χ1n) is 5.29. The molecule has 1 N–H and O–H groups in total. The number of hydrogen-bond acceptors (Lipinski definition) is 3. The van der Waals surface area contributed by atoms with E-state index in [1.165, 1.54) is 11.8 Å². The second-order valence-electron chi connectivity index (χ2n) is 3.94. The lowest BCUT2D eigenvalue weighted by Gasteiger charge is -2.21. The summed E-state index contributed by atoms with van der Waals surface area (Å²) in [7, 11) is 0. The maximum absolute atomic E-state index is 11.8. The van der Waals surface area contributed by atoms with E-state index in [9.17, 15) is 9.59 Å². The van der Waals surface area contributed by atoms with Gasteiger partial charge in [0, 0.05) is 10.5 Å². The molecule has 5 heteroatoms. The van der Waals surface area contributed by atoms with Crippen LogP contribution in [-0.4, -0.2) is 21.8 Å². The maximum Gasteiger partial charge on any atom is 0.237 e. The number of hydrogen-bond donors (Lipinski definition) is 1. The minimum absolute atomic E-state index is 0.0148. The van der Waals surface area contributed by atoms with Gasteiger partial charge in [0.1, 0.15) is 0 Å². The number of thioether (sulfide) groups is 1. The van der Waals surface area contributed by atoms with Gasteiger partial charge in [0.05, 0.1) is 15.8 Å². The normalized spacial score (nSPS) is 20.4. The van der Waals surface area contributed by atoms with Gasteiger partial charge in [-0.25, -0.2) is 0 Å². The van der Waals surface area contributed by atoms with E-state index in [0.717, 1.165) is 10.6 Å². The summed E-state index contributed by atoms with van der Waals surface area (Å²) in [5.74, 6) is 0.00432. The summed E-state index contributed by atoms with van der Waals surface area (Å²) < 4.78 is 0. The van der Waals surface area contributed by atoms with E-state index in [4.69, 9.17) is 0 Å². The zero-order valence-electron chi connectivity index (χ0n) is 9.49. The summed E-state index contributed by atoms with van der Waals surface area (Å²) >= 11 is 4.77. The molecule has 0 saturated heterocycles. The number of carbonyl (C=O) groups excluding carboxylic acids is 2. The van der Waals surface area contributed by atoms with Crippen molar-refractivity contribution < 1.29 is 9.59 Å². The lowest BCUT2D eigenvalue weighted by Crippen LogP contribution is -2.26.